The van der Waals surface area contributed by atoms with E-state index in [2.05, 4.69) is 31.4 Å². The van der Waals surface area contributed by atoms with Gasteiger partial charge in [-0.05, 0) is 50.9 Å². The molecule has 1 aromatic carbocycles. The van der Waals surface area contributed by atoms with Gasteiger partial charge in [-0.1, -0.05) is 40.6 Å². The van der Waals surface area contributed by atoms with Crippen molar-refractivity contribution in [3.63, 3.8) is 0 Å². The van der Waals surface area contributed by atoms with Crippen LogP contribution in [-0.2, 0) is 34.9 Å². The van der Waals surface area contributed by atoms with E-state index in [1.54, 1.807) is 21.6 Å². The molecule has 8 nitrogen and oxygen atoms in total. The minimum Gasteiger partial charge on any atom is -0.379 e. The maximum atomic E-state index is 12.1. The molecule has 1 aromatic rings. The van der Waals surface area contributed by atoms with Crippen molar-refractivity contribution in [2.75, 3.05) is 78.4 Å². The third-order valence-corrected chi connectivity index (χ3v) is 6.76. The maximum absolute atomic E-state index is 12.1. The number of rotatable bonds is 25. The van der Waals surface area contributed by atoms with Crippen molar-refractivity contribution >= 4 is 27.5 Å². The van der Waals surface area contributed by atoms with Crippen molar-refractivity contribution in [2.24, 2.45) is 0 Å². The van der Waals surface area contributed by atoms with Crippen LogP contribution in [0.2, 0.25) is 0 Å². The molecule has 2 N–H and O–H groups in total. The second-order valence-corrected chi connectivity index (χ2v) is 10.5. The molecule has 1 rings (SSSR count). The lowest BCUT2D eigenvalue weighted by Gasteiger charge is -2.08. The molecule has 0 saturated carbocycles. The molecule has 0 atom stereocenters. The van der Waals surface area contributed by atoms with Gasteiger partial charge in [-0.15, -0.1) is 0 Å². The first kappa shape index (κ1) is 33.2. The van der Waals surface area contributed by atoms with Gasteiger partial charge in [0, 0.05) is 31.2 Å². The molecule has 36 heavy (non-hydrogen) atoms. The van der Waals surface area contributed by atoms with E-state index in [0.29, 0.717) is 64.6 Å². The molecular weight excluding hydrogens is 500 g/mol. The topological polar surface area (TPSA) is 87.3 Å². The molecule has 1 amide bonds. The van der Waals surface area contributed by atoms with Crippen molar-refractivity contribution in [3.05, 3.63) is 29.8 Å². The van der Waals surface area contributed by atoms with Gasteiger partial charge < -0.3 is 34.3 Å². The lowest BCUT2D eigenvalue weighted by Crippen LogP contribution is -2.29. The van der Waals surface area contributed by atoms with E-state index >= 15 is 0 Å². The first-order chi connectivity index (χ1) is 17.6. The van der Waals surface area contributed by atoms with E-state index in [-0.39, 0.29) is 5.91 Å². The highest BCUT2D eigenvalue weighted by Crippen LogP contribution is 2.31. The lowest BCUT2D eigenvalue weighted by atomic mass is 10.1. The highest BCUT2D eigenvalue weighted by molar-refractivity contribution is 8.76. The van der Waals surface area contributed by atoms with Crippen LogP contribution >= 0.6 is 21.6 Å². The minimum absolute atomic E-state index is 0.00784. The number of likely N-dealkylation sites (N-methyl/N-ethyl adjacent to an activating group) is 1. The fraction of sp³-hybridized carbons (Fsp3) is 0.731. The number of benzene rings is 1. The largest absolute Gasteiger partial charge is 0.379 e. The van der Waals surface area contributed by atoms with Gasteiger partial charge in [0.25, 0.3) is 0 Å². The van der Waals surface area contributed by atoms with Gasteiger partial charge in [0.2, 0.25) is 5.91 Å². The van der Waals surface area contributed by atoms with E-state index in [4.69, 9.17) is 23.7 Å². The van der Waals surface area contributed by atoms with E-state index in [9.17, 15) is 4.79 Å². The van der Waals surface area contributed by atoms with Crippen molar-refractivity contribution in [1.82, 2.24) is 10.6 Å². The number of carbonyl (C=O) groups is 1. The Morgan fingerprint density at radius 1 is 0.833 bits per heavy atom. The van der Waals surface area contributed by atoms with Gasteiger partial charge in [-0.2, -0.15) is 0 Å². The molecule has 0 radical (unpaired) electrons. The molecular formula is C26H46N2O6S2. The van der Waals surface area contributed by atoms with Crippen molar-refractivity contribution in [2.45, 2.75) is 51.0 Å². The molecule has 0 aromatic heterocycles. The van der Waals surface area contributed by atoms with Crippen LogP contribution < -0.4 is 10.6 Å². The number of hydrogen-bond acceptors (Lipinski definition) is 9. The molecule has 0 bridgehead atoms. The standard InChI is InChI=1S/C26H46N2O6S2/c1-4-27-11-15-30-17-19-32-20-18-31-16-12-28-26(29)21-24-7-9-25(10-8-24)36-35-22-33-13-5-6-14-34-23(2)3/h7-10,23,27H,4-6,11-22H2,1-3H3,(H,28,29). The van der Waals surface area contributed by atoms with E-state index < -0.39 is 0 Å². The Bertz CT molecular complexity index is 637. The summed E-state index contributed by atoms with van der Waals surface area (Å²) in [6, 6.07) is 8.07. The quantitative estimate of drug-likeness (QED) is 0.108. The zero-order valence-corrected chi connectivity index (χ0v) is 23.9. The van der Waals surface area contributed by atoms with Gasteiger partial charge in [0.15, 0.2) is 0 Å². The van der Waals surface area contributed by atoms with Crippen molar-refractivity contribution in [1.29, 1.82) is 0 Å². The summed E-state index contributed by atoms with van der Waals surface area (Å²) in [6.07, 6.45) is 2.70. The molecule has 0 aliphatic carbocycles. The summed E-state index contributed by atoms with van der Waals surface area (Å²) in [4.78, 5) is 13.3. The zero-order valence-electron chi connectivity index (χ0n) is 22.3. The summed E-state index contributed by atoms with van der Waals surface area (Å²) >= 11 is 0. The zero-order chi connectivity index (χ0) is 26.1. The van der Waals surface area contributed by atoms with Crippen LogP contribution in [0.25, 0.3) is 0 Å². The van der Waals surface area contributed by atoms with Crippen LogP contribution in [0.15, 0.2) is 29.2 Å². The van der Waals surface area contributed by atoms with Crippen LogP contribution in [0, 0.1) is 0 Å². The molecule has 208 valence electrons. The first-order valence-corrected chi connectivity index (χ1v) is 15.2. The summed E-state index contributed by atoms with van der Waals surface area (Å²) in [5.41, 5.74) is 0.990. The van der Waals surface area contributed by atoms with Crippen LogP contribution in [0.5, 0.6) is 0 Å². The van der Waals surface area contributed by atoms with Crippen LogP contribution in [0.4, 0.5) is 0 Å². The molecule has 0 fully saturated rings. The van der Waals surface area contributed by atoms with Crippen molar-refractivity contribution < 1.29 is 28.5 Å². The number of nitrogens with one attached hydrogen (secondary N) is 2. The van der Waals surface area contributed by atoms with Crippen LogP contribution in [0.1, 0.15) is 39.2 Å². The Hall–Kier alpha value is -0.850. The third-order valence-electron chi connectivity index (χ3n) is 4.69. The average Bonchev–Trinajstić information content (AvgIpc) is 2.86. The molecule has 0 heterocycles. The van der Waals surface area contributed by atoms with Gasteiger partial charge >= 0.3 is 0 Å². The third kappa shape index (κ3) is 21.3. The summed E-state index contributed by atoms with van der Waals surface area (Å²) in [7, 11) is 3.36. The average molecular weight is 547 g/mol. The molecule has 0 saturated heterocycles. The molecule has 10 heteroatoms. The van der Waals surface area contributed by atoms with E-state index in [0.717, 1.165) is 49.6 Å². The number of hydrogen-bond donors (Lipinski definition) is 2. The number of unbranched alkanes of at least 4 members (excludes halogenated alkanes) is 1. The first-order valence-electron chi connectivity index (χ1n) is 12.9. The van der Waals surface area contributed by atoms with E-state index in [1.807, 2.05) is 24.3 Å². The molecule has 0 aliphatic heterocycles. The Labute approximate surface area is 225 Å². The van der Waals surface area contributed by atoms with Crippen LogP contribution in [-0.4, -0.2) is 90.4 Å². The minimum atomic E-state index is -0.00784. The summed E-state index contributed by atoms with van der Waals surface area (Å²) in [6.45, 7) is 13.4. The normalized spacial score (nSPS) is 11.3. The summed E-state index contributed by atoms with van der Waals surface area (Å²) in [5, 5.41) is 6.09. The highest BCUT2D eigenvalue weighted by atomic mass is 33.1. The predicted octanol–water partition coefficient (Wildman–Crippen LogP) is 3.92. The summed E-state index contributed by atoms with van der Waals surface area (Å²) < 4.78 is 27.5. The highest BCUT2D eigenvalue weighted by Gasteiger charge is 2.04. The SMILES string of the molecule is CCNCCOCCOCCOCCNC(=O)Cc1ccc(SSCOCCCCOC(C)C)cc1. The Morgan fingerprint density at radius 3 is 2.14 bits per heavy atom. The van der Waals surface area contributed by atoms with Gasteiger partial charge in [-0.3, -0.25) is 4.79 Å². The van der Waals surface area contributed by atoms with Gasteiger partial charge in [0.1, 0.15) is 5.94 Å². The monoisotopic (exact) mass is 546 g/mol. The van der Waals surface area contributed by atoms with Gasteiger partial charge in [-0.25, -0.2) is 0 Å². The van der Waals surface area contributed by atoms with Gasteiger partial charge in [0.05, 0.1) is 52.2 Å². The number of carbonyl (C=O) groups excluding carboxylic acids is 1. The second-order valence-electron chi connectivity index (χ2n) is 8.22. The van der Waals surface area contributed by atoms with E-state index in [1.165, 1.54) is 0 Å². The predicted molar refractivity (Wildman–Crippen MR) is 149 cm³/mol. The fourth-order valence-electron chi connectivity index (χ4n) is 2.85. The number of amides is 1. The molecule has 0 spiro atoms. The smallest absolute Gasteiger partial charge is 0.224 e. The number of ether oxygens (including phenoxy) is 5. The Balaban J connectivity index is 1.94. The van der Waals surface area contributed by atoms with Crippen molar-refractivity contribution in [3.8, 4) is 0 Å². The van der Waals surface area contributed by atoms with Crippen LogP contribution in [0.3, 0.4) is 0 Å². The fourth-order valence-corrected chi connectivity index (χ4v) is 4.55. The maximum Gasteiger partial charge on any atom is 0.224 e. The Morgan fingerprint density at radius 2 is 1.47 bits per heavy atom. The molecule has 0 aliphatic rings. The Kier molecular flexibility index (Phi) is 22.6. The second kappa shape index (κ2) is 24.5. The lowest BCUT2D eigenvalue weighted by molar-refractivity contribution is -0.120. The summed E-state index contributed by atoms with van der Waals surface area (Å²) in [5.74, 6) is 0.644. The molecule has 0 unspecified atom stereocenters.